The third kappa shape index (κ3) is 3.00. The Morgan fingerprint density at radius 3 is 2.82 bits per heavy atom. The predicted octanol–water partition coefficient (Wildman–Crippen LogP) is 3.11. The van der Waals surface area contributed by atoms with Gasteiger partial charge in [-0.25, -0.2) is 4.39 Å². The van der Waals surface area contributed by atoms with Gasteiger partial charge in [0.2, 0.25) is 0 Å². The third-order valence-electron chi connectivity index (χ3n) is 3.07. The first-order valence-electron chi connectivity index (χ1n) is 5.91. The summed E-state index contributed by atoms with van der Waals surface area (Å²) in [5, 5.41) is 0.352. The summed E-state index contributed by atoms with van der Waals surface area (Å²) >= 11 is 1.57. The zero-order valence-electron chi connectivity index (χ0n) is 10.2. The fraction of sp³-hybridized carbons (Fsp3) is 0.538. The molecule has 4 heteroatoms. The molecule has 1 aliphatic rings. The third-order valence-corrected chi connectivity index (χ3v) is 4.57. The van der Waals surface area contributed by atoms with Crippen LogP contribution in [0.1, 0.15) is 31.9 Å². The van der Waals surface area contributed by atoms with Gasteiger partial charge in [0.05, 0.1) is 6.10 Å². The molecule has 1 fully saturated rings. The van der Waals surface area contributed by atoms with Gasteiger partial charge >= 0.3 is 0 Å². The molecule has 1 aromatic carbocycles. The van der Waals surface area contributed by atoms with Crippen LogP contribution in [0.4, 0.5) is 4.39 Å². The first kappa shape index (κ1) is 12.9. The van der Waals surface area contributed by atoms with E-state index in [0.29, 0.717) is 10.1 Å². The summed E-state index contributed by atoms with van der Waals surface area (Å²) < 4.78 is 19.3. The van der Waals surface area contributed by atoms with E-state index in [1.165, 1.54) is 6.07 Å². The average Bonchev–Trinajstić information content (AvgIpc) is 2.67. The fourth-order valence-corrected chi connectivity index (χ4v) is 3.05. The van der Waals surface area contributed by atoms with Crippen molar-refractivity contribution >= 4 is 11.8 Å². The highest BCUT2D eigenvalue weighted by Gasteiger charge is 2.26. The normalized spacial score (nSPS) is 26.1. The van der Waals surface area contributed by atoms with Crippen molar-refractivity contribution in [3.05, 3.63) is 29.6 Å². The second-order valence-corrected chi connectivity index (χ2v) is 5.78. The van der Waals surface area contributed by atoms with E-state index in [9.17, 15) is 4.39 Å². The molecule has 0 radical (unpaired) electrons. The maximum atomic E-state index is 13.9. The van der Waals surface area contributed by atoms with Gasteiger partial charge in [-0.05, 0) is 38.0 Å². The maximum absolute atomic E-state index is 13.9. The summed E-state index contributed by atoms with van der Waals surface area (Å²) in [6.45, 7) is 4.67. The number of hydrogen-bond acceptors (Lipinski definition) is 3. The smallest absolute Gasteiger partial charge is 0.137 e. The van der Waals surface area contributed by atoms with Gasteiger partial charge in [-0.2, -0.15) is 0 Å². The van der Waals surface area contributed by atoms with E-state index in [0.717, 1.165) is 18.6 Å². The number of nitrogens with two attached hydrogens (primary N) is 1. The van der Waals surface area contributed by atoms with Crippen LogP contribution >= 0.6 is 11.8 Å². The summed E-state index contributed by atoms with van der Waals surface area (Å²) in [5.41, 5.74) is 6.56. The maximum Gasteiger partial charge on any atom is 0.137 e. The Hall–Kier alpha value is -0.580. The molecule has 1 saturated heterocycles. The second kappa shape index (κ2) is 5.38. The fourth-order valence-electron chi connectivity index (χ4n) is 1.93. The number of benzene rings is 1. The van der Waals surface area contributed by atoms with Crippen LogP contribution in [-0.4, -0.2) is 18.0 Å². The first-order valence-corrected chi connectivity index (χ1v) is 6.79. The highest BCUT2D eigenvalue weighted by molar-refractivity contribution is 8.00. The van der Waals surface area contributed by atoms with Crippen molar-refractivity contribution in [3.63, 3.8) is 0 Å². The lowest BCUT2D eigenvalue weighted by Gasteiger charge is -2.15. The van der Waals surface area contributed by atoms with E-state index in [2.05, 4.69) is 0 Å². The molecule has 3 atom stereocenters. The van der Waals surface area contributed by atoms with Crippen molar-refractivity contribution in [1.82, 2.24) is 0 Å². The van der Waals surface area contributed by atoms with E-state index >= 15 is 0 Å². The zero-order valence-corrected chi connectivity index (χ0v) is 11.0. The summed E-state index contributed by atoms with van der Waals surface area (Å²) in [5.74, 6) is -0.177. The molecule has 0 spiro atoms. The van der Waals surface area contributed by atoms with Gasteiger partial charge in [-0.3, -0.25) is 0 Å². The largest absolute Gasteiger partial charge is 0.377 e. The van der Waals surface area contributed by atoms with Gasteiger partial charge in [-0.1, -0.05) is 6.07 Å². The number of ether oxygens (including phenoxy) is 1. The molecule has 1 aliphatic heterocycles. The molecule has 0 amide bonds. The molecular formula is C13H18FNOS. The van der Waals surface area contributed by atoms with E-state index < -0.39 is 0 Å². The summed E-state index contributed by atoms with van der Waals surface area (Å²) in [4.78, 5) is 0.691. The molecule has 2 rings (SSSR count). The Morgan fingerprint density at radius 2 is 2.29 bits per heavy atom. The van der Waals surface area contributed by atoms with Gasteiger partial charge in [0.1, 0.15) is 5.82 Å². The molecule has 1 heterocycles. The van der Waals surface area contributed by atoms with Crippen LogP contribution in [0.15, 0.2) is 23.1 Å². The zero-order chi connectivity index (χ0) is 12.4. The van der Waals surface area contributed by atoms with Crippen LogP contribution in [0.25, 0.3) is 0 Å². The summed E-state index contributed by atoms with van der Waals surface area (Å²) in [7, 11) is 0. The van der Waals surface area contributed by atoms with Gasteiger partial charge < -0.3 is 10.5 Å². The number of hydrogen-bond donors (Lipinski definition) is 1. The Bertz CT molecular complexity index is 397. The van der Waals surface area contributed by atoms with Crippen molar-refractivity contribution < 1.29 is 9.13 Å². The lowest BCUT2D eigenvalue weighted by atomic mass is 10.1. The van der Waals surface area contributed by atoms with Crippen LogP contribution in [0.5, 0.6) is 0 Å². The topological polar surface area (TPSA) is 35.2 Å². The van der Waals surface area contributed by atoms with E-state index in [1.54, 1.807) is 11.8 Å². The lowest BCUT2D eigenvalue weighted by Crippen LogP contribution is -2.13. The molecular weight excluding hydrogens is 237 g/mol. The van der Waals surface area contributed by atoms with Crippen LogP contribution in [0.2, 0.25) is 0 Å². The quantitative estimate of drug-likeness (QED) is 0.901. The average molecular weight is 255 g/mol. The number of rotatable bonds is 3. The molecule has 17 heavy (non-hydrogen) atoms. The Kier molecular flexibility index (Phi) is 4.07. The minimum absolute atomic E-state index is 0.128. The van der Waals surface area contributed by atoms with Crippen LogP contribution < -0.4 is 5.73 Å². The van der Waals surface area contributed by atoms with Crippen LogP contribution in [0, 0.1) is 5.82 Å². The van der Waals surface area contributed by atoms with Gasteiger partial charge in [0, 0.05) is 22.8 Å². The lowest BCUT2D eigenvalue weighted by molar-refractivity contribution is 0.127. The molecule has 0 saturated carbocycles. The van der Waals surface area contributed by atoms with Crippen molar-refractivity contribution in [2.45, 2.75) is 42.6 Å². The molecule has 3 unspecified atom stereocenters. The van der Waals surface area contributed by atoms with Crippen molar-refractivity contribution in [1.29, 1.82) is 0 Å². The van der Waals surface area contributed by atoms with Crippen LogP contribution in [0.3, 0.4) is 0 Å². The first-order chi connectivity index (χ1) is 8.08. The van der Waals surface area contributed by atoms with Crippen molar-refractivity contribution in [2.24, 2.45) is 5.73 Å². The molecule has 94 valence electrons. The van der Waals surface area contributed by atoms with Crippen LogP contribution in [-0.2, 0) is 4.74 Å². The predicted molar refractivity (Wildman–Crippen MR) is 68.7 cm³/mol. The molecule has 1 aromatic rings. The summed E-state index contributed by atoms with van der Waals surface area (Å²) in [6.07, 6.45) is 1.19. The van der Waals surface area contributed by atoms with Gasteiger partial charge in [0.15, 0.2) is 0 Å². The number of thioether (sulfide) groups is 1. The van der Waals surface area contributed by atoms with Gasteiger partial charge in [0.25, 0.3) is 0 Å². The SMILES string of the molecule is CC(N)c1ccc(SC2CCOC2C)c(F)c1. The standard InChI is InChI=1S/C13H18FNOS/c1-8(15)10-3-4-13(11(14)7-10)17-12-5-6-16-9(12)2/h3-4,7-9,12H,5-6,15H2,1-2H3. The van der Waals surface area contributed by atoms with E-state index in [-0.39, 0.29) is 18.0 Å². The summed E-state index contributed by atoms with van der Waals surface area (Å²) in [6, 6.07) is 5.13. The monoisotopic (exact) mass is 255 g/mol. The molecule has 2 N–H and O–H groups in total. The second-order valence-electron chi connectivity index (χ2n) is 4.50. The molecule has 2 nitrogen and oxygen atoms in total. The minimum Gasteiger partial charge on any atom is -0.377 e. The highest BCUT2D eigenvalue weighted by atomic mass is 32.2. The highest BCUT2D eigenvalue weighted by Crippen LogP contribution is 2.34. The molecule has 0 aromatic heterocycles. The molecule has 0 aliphatic carbocycles. The Morgan fingerprint density at radius 1 is 1.53 bits per heavy atom. The Labute approximate surface area is 106 Å². The minimum atomic E-state index is -0.177. The van der Waals surface area contributed by atoms with Crippen molar-refractivity contribution in [2.75, 3.05) is 6.61 Å². The molecule has 0 bridgehead atoms. The van der Waals surface area contributed by atoms with Gasteiger partial charge in [-0.15, -0.1) is 11.8 Å². The number of halogens is 1. The van der Waals surface area contributed by atoms with E-state index in [1.807, 2.05) is 26.0 Å². The van der Waals surface area contributed by atoms with Crippen molar-refractivity contribution in [3.8, 4) is 0 Å². The van der Waals surface area contributed by atoms with E-state index in [4.69, 9.17) is 10.5 Å². The Balaban J connectivity index is 2.11.